The number of sulfone groups is 1. The molecule has 1 fully saturated rings. The third-order valence-corrected chi connectivity index (χ3v) is 6.93. The molecule has 114 valence electrons. The third-order valence-electron chi connectivity index (χ3n) is 3.16. The smallest absolute Gasteiger partial charge is 0.214 e. The SMILES string of the molecule is COC(OC)C(C)NS(=O)(=O)C1CCS(=O)(=O)CC1. The van der Waals surface area contributed by atoms with Crippen molar-refractivity contribution in [3.63, 3.8) is 0 Å². The van der Waals surface area contributed by atoms with Crippen LogP contribution in [-0.2, 0) is 29.3 Å². The van der Waals surface area contributed by atoms with E-state index >= 15 is 0 Å². The summed E-state index contributed by atoms with van der Waals surface area (Å²) < 4.78 is 59.3. The molecule has 1 aliphatic heterocycles. The molecule has 1 unspecified atom stereocenters. The van der Waals surface area contributed by atoms with Crippen LogP contribution in [0.1, 0.15) is 19.8 Å². The minimum absolute atomic E-state index is 0.0784. The van der Waals surface area contributed by atoms with Gasteiger partial charge in [-0.05, 0) is 19.8 Å². The Hall–Kier alpha value is -0.220. The lowest BCUT2D eigenvalue weighted by Gasteiger charge is -2.27. The molecular formula is C10H21NO6S2. The first-order valence-electron chi connectivity index (χ1n) is 5.99. The maximum Gasteiger partial charge on any atom is 0.214 e. The van der Waals surface area contributed by atoms with Crippen LogP contribution in [0.25, 0.3) is 0 Å². The number of methoxy groups -OCH3 is 2. The normalized spacial score (nSPS) is 22.5. The van der Waals surface area contributed by atoms with E-state index in [0.29, 0.717) is 0 Å². The van der Waals surface area contributed by atoms with Crippen LogP contribution in [0.5, 0.6) is 0 Å². The Labute approximate surface area is 114 Å². The van der Waals surface area contributed by atoms with Crippen molar-refractivity contribution >= 4 is 19.9 Å². The fourth-order valence-corrected chi connectivity index (χ4v) is 5.56. The van der Waals surface area contributed by atoms with Crippen molar-refractivity contribution in [2.45, 2.75) is 37.3 Å². The molecule has 1 rings (SSSR count). The van der Waals surface area contributed by atoms with Crippen LogP contribution < -0.4 is 4.72 Å². The molecule has 0 radical (unpaired) electrons. The molecule has 0 aromatic carbocycles. The van der Waals surface area contributed by atoms with E-state index in [1.807, 2.05) is 0 Å². The first kappa shape index (κ1) is 16.8. The first-order valence-corrected chi connectivity index (χ1v) is 9.36. The van der Waals surface area contributed by atoms with Gasteiger partial charge in [0.1, 0.15) is 9.84 Å². The van der Waals surface area contributed by atoms with Gasteiger partial charge in [-0.1, -0.05) is 0 Å². The highest BCUT2D eigenvalue weighted by Crippen LogP contribution is 2.19. The zero-order valence-corrected chi connectivity index (χ0v) is 13.0. The largest absolute Gasteiger partial charge is 0.354 e. The van der Waals surface area contributed by atoms with E-state index in [1.165, 1.54) is 14.2 Å². The van der Waals surface area contributed by atoms with Gasteiger partial charge in [0.15, 0.2) is 6.29 Å². The zero-order valence-electron chi connectivity index (χ0n) is 11.3. The fraction of sp³-hybridized carbons (Fsp3) is 1.00. The Kier molecular flexibility index (Phi) is 5.75. The van der Waals surface area contributed by atoms with Crippen LogP contribution in [-0.4, -0.2) is 60.1 Å². The minimum atomic E-state index is -3.57. The van der Waals surface area contributed by atoms with Crippen molar-refractivity contribution in [3.05, 3.63) is 0 Å². The van der Waals surface area contributed by atoms with Gasteiger partial charge in [-0.25, -0.2) is 21.6 Å². The summed E-state index contributed by atoms with van der Waals surface area (Å²) >= 11 is 0. The van der Waals surface area contributed by atoms with Crippen LogP contribution in [0.3, 0.4) is 0 Å². The lowest BCUT2D eigenvalue weighted by atomic mass is 10.2. The molecule has 0 aromatic rings. The lowest BCUT2D eigenvalue weighted by Crippen LogP contribution is -2.48. The molecule has 0 aromatic heterocycles. The van der Waals surface area contributed by atoms with Gasteiger partial charge >= 0.3 is 0 Å². The summed E-state index contributed by atoms with van der Waals surface area (Å²) in [6.07, 6.45) is -0.411. The second-order valence-electron chi connectivity index (χ2n) is 4.64. The van der Waals surface area contributed by atoms with Gasteiger partial charge in [-0.3, -0.25) is 0 Å². The molecule has 1 saturated heterocycles. The summed E-state index contributed by atoms with van der Waals surface area (Å²) in [5.74, 6) is -0.157. The van der Waals surface area contributed by atoms with E-state index in [9.17, 15) is 16.8 Å². The average Bonchev–Trinajstić information content (AvgIpc) is 2.29. The van der Waals surface area contributed by atoms with Crippen LogP contribution in [0.4, 0.5) is 0 Å². The van der Waals surface area contributed by atoms with Gasteiger partial charge in [-0.15, -0.1) is 0 Å². The van der Waals surface area contributed by atoms with Crippen LogP contribution in [0, 0.1) is 0 Å². The highest BCUT2D eigenvalue weighted by atomic mass is 32.2. The van der Waals surface area contributed by atoms with Crippen molar-refractivity contribution in [1.29, 1.82) is 0 Å². The molecule has 0 aliphatic carbocycles. The number of nitrogens with one attached hydrogen (secondary N) is 1. The lowest BCUT2D eigenvalue weighted by molar-refractivity contribution is -0.115. The van der Waals surface area contributed by atoms with E-state index in [1.54, 1.807) is 6.92 Å². The van der Waals surface area contributed by atoms with Gasteiger partial charge in [0.05, 0.1) is 22.8 Å². The minimum Gasteiger partial charge on any atom is -0.354 e. The van der Waals surface area contributed by atoms with Gasteiger partial charge in [0.2, 0.25) is 10.0 Å². The van der Waals surface area contributed by atoms with Crippen molar-refractivity contribution in [2.75, 3.05) is 25.7 Å². The quantitative estimate of drug-likeness (QED) is 0.663. The van der Waals surface area contributed by atoms with E-state index in [4.69, 9.17) is 9.47 Å². The predicted molar refractivity (Wildman–Crippen MR) is 71.0 cm³/mol. The van der Waals surface area contributed by atoms with E-state index < -0.39 is 37.4 Å². The molecule has 1 heterocycles. The summed E-state index contributed by atoms with van der Waals surface area (Å²) in [6, 6.07) is -0.543. The Balaban J connectivity index is 2.67. The Morgan fingerprint density at radius 1 is 1.16 bits per heavy atom. The molecule has 1 atom stereocenters. The highest BCUT2D eigenvalue weighted by Gasteiger charge is 2.34. The Morgan fingerprint density at radius 3 is 2.05 bits per heavy atom. The third kappa shape index (κ3) is 4.67. The highest BCUT2D eigenvalue weighted by molar-refractivity contribution is 7.92. The summed E-state index contributed by atoms with van der Waals surface area (Å²) in [5, 5.41) is -0.673. The molecule has 0 amide bonds. The van der Waals surface area contributed by atoms with Crippen molar-refractivity contribution in [3.8, 4) is 0 Å². The second kappa shape index (κ2) is 6.49. The summed E-state index contributed by atoms with van der Waals surface area (Å²) in [5.41, 5.74) is 0. The Bertz CT molecular complexity index is 468. The summed E-state index contributed by atoms with van der Waals surface area (Å²) in [4.78, 5) is 0. The molecule has 9 heteroatoms. The van der Waals surface area contributed by atoms with Gasteiger partial charge in [0.25, 0.3) is 0 Å². The fourth-order valence-electron chi connectivity index (χ4n) is 2.09. The molecule has 0 bridgehead atoms. The standard InChI is InChI=1S/C10H21NO6S2/c1-8(10(16-2)17-3)11-19(14,15)9-4-6-18(12,13)7-5-9/h8-11H,4-7H2,1-3H3. The number of ether oxygens (including phenoxy) is 2. The zero-order chi connectivity index (χ0) is 14.7. The Morgan fingerprint density at radius 2 is 1.63 bits per heavy atom. The first-order chi connectivity index (χ1) is 8.72. The van der Waals surface area contributed by atoms with Crippen LogP contribution in [0.15, 0.2) is 0 Å². The summed E-state index contributed by atoms with van der Waals surface area (Å²) in [6.45, 7) is 1.63. The molecule has 19 heavy (non-hydrogen) atoms. The maximum absolute atomic E-state index is 12.1. The number of hydrogen-bond acceptors (Lipinski definition) is 6. The molecule has 7 nitrogen and oxygen atoms in total. The molecule has 1 N–H and O–H groups in total. The van der Waals surface area contributed by atoms with Gasteiger partial charge in [-0.2, -0.15) is 0 Å². The van der Waals surface area contributed by atoms with Gasteiger partial charge < -0.3 is 9.47 Å². The predicted octanol–water partition coefficient (Wildman–Crippen LogP) is -0.510. The van der Waals surface area contributed by atoms with Crippen LogP contribution >= 0.6 is 0 Å². The molecular weight excluding hydrogens is 294 g/mol. The molecule has 0 spiro atoms. The van der Waals surface area contributed by atoms with Crippen molar-refractivity contribution < 1.29 is 26.3 Å². The number of rotatable bonds is 6. The molecule has 1 aliphatic rings. The topological polar surface area (TPSA) is 98.8 Å². The molecule has 0 saturated carbocycles. The second-order valence-corrected chi connectivity index (χ2v) is 8.94. The van der Waals surface area contributed by atoms with E-state index in [2.05, 4.69) is 4.72 Å². The monoisotopic (exact) mass is 315 g/mol. The van der Waals surface area contributed by atoms with Crippen molar-refractivity contribution in [2.24, 2.45) is 0 Å². The maximum atomic E-state index is 12.1. The number of sulfonamides is 1. The number of hydrogen-bond donors (Lipinski definition) is 1. The van der Waals surface area contributed by atoms with E-state index in [-0.39, 0.29) is 24.3 Å². The van der Waals surface area contributed by atoms with Gasteiger partial charge in [0, 0.05) is 14.2 Å². The van der Waals surface area contributed by atoms with Crippen molar-refractivity contribution in [1.82, 2.24) is 4.72 Å². The van der Waals surface area contributed by atoms with Crippen LogP contribution in [0.2, 0.25) is 0 Å². The summed E-state index contributed by atoms with van der Waals surface area (Å²) in [7, 11) is -3.80. The van der Waals surface area contributed by atoms with E-state index in [0.717, 1.165) is 0 Å². The average molecular weight is 315 g/mol.